The van der Waals surface area contributed by atoms with Gasteiger partial charge in [0.2, 0.25) is 0 Å². The number of methoxy groups -OCH3 is 1. The summed E-state index contributed by atoms with van der Waals surface area (Å²) in [5, 5.41) is 3.70. The van der Waals surface area contributed by atoms with Crippen LogP contribution in [-0.2, 0) is 14.3 Å². The molecule has 0 unspecified atom stereocenters. The minimum absolute atomic E-state index is 0.108. The van der Waals surface area contributed by atoms with Gasteiger partial charge >= 0.3 is 12.1 Å². The second-order valence-electron chi connectivity index (χ2n) is 6.06. The van der Waals surface area contributed by atoms with E-state index in [2.05, 4.69) is 16.6 Å². The highest BCUT2D eigenvalue weighted by Crippen LogP contribution is 2.32. The Morgan fingerprint density at radius 2 is 2.14 bits per heavy atom. The van der Waals surface area contributed by atoms with E-state index in [0.29, 0.717) is 6.42 Å². The first-order chi connectivity index (χ1) is 10.2. The Kier molecular flexibility index (Phi) is 5.82. The number of nitrogens with zero attached hydrogens (tertiary/aromatic N) is 4. The van der Waals surface area contributed by atoms with Gasteiger partial charge in [-0.3, -0.25) is 4.90 Å². The van der Waals surface area contributed by atoms with Crippen molar-refractivity contribution in [3.05, 3.63) is 23.1 Å². The Bertz CT molecular complexity index is 494. The molecular weight excluding hydrogens is 288 g/mol. The van der Waals surface area contributed by atoms with Gasteiger partial charge in [-0.1, -0.05) is 11.2 Å². The molecule has 1 fully saturated rings. The summed E-state index contributed by atoms with van der Waals surface area (Å²) < 4.78 is 10.1. The van der Waals surface area contributed by atoms with Crippen LogP contribution in [0, 0.1) is 5.92 Å². The Hall–Kier alpha value is -2.21. The van der Waals surface area contributed by atoms with E-state index in [1.165, 1.54) is 12.0 Å². The molecule has 0 aliphatic carbocycles. The summed E-state index contributed by atoms with van der Waals surface area (Å²) in [7, 11) is 1.25. The number of carbonyl (C=O) groups excluding carboxylic acids is 2. The first kappa shape index (κ1) is 17.8. The minimum Gasteiger partial charge on any atom is -0.467 e. The number of azide groups is 1. The van der Waals surface area contributed by atoms with Crippen molar-refractivity contribution < 1.29 is 19.1 Å². The van der Waals surface area contributed by atoms with E-state index in [1.54, 1.807) is 26.8 Å². The van der Waals surface area contributed by atoms with Crippen LogP contribution in [0.1, 0.15) is 27.2 Å². The van der Waals surface area contributed by atoms with Crippen molar-refractivity contribution >= 4 is 12.1 Å². The van der Waals surface area contributed by atoms with Crippen molar-refractivity contribution in [2.75, 3.05) is 13.7 Å². The highest BCUT2D eigenvalue weighted by Gasteiger charge is 2.48. The summed E-state index contributed by atoms with van der Waals surface area (Å²) in [6.45, 7) is 8.96. The molecule has 22 heavy (non-hydrogen) atoms. The summed E-state index contributed by atoms with van der Waals surface area (Å²) in [5.41, 5.74) is 8.00. The zero-order chi connectivity index (χ0) is 16.9. The predicted octanol–water partition coefficient (Wildman–Crippen LogP) is 2.65. The fourth-order valence-corrected chi connectivity index (χ4v) is 2.49. The Morgan fingerprint density at radius 3 is 2.59 bits per heavy atom. The zero-order valence-corrected chi connectivity index (χ0v) is 13.4. The molecule has 122 valence electrons. The molecule has 3 atom stereocenters. The van der Waals surface area contributed by atoms with Gasteiger partial charge in [0.1, 0.15) is 11.6 Å². The maximum absolute atomic E-state index is 12.3. The average Bonchev–Trinajstić information content (AvgIpc) is 2.76. The van der Waals surface area contributed by atoms with Crippen LogP contribution in [0.5, 0.6) is 0 Å². The van der Waals surface area contributed by atoms with Crippen molar-refractivity contribution in [2.45, 2.75) is 44.9 Å². The number of amides is 1. The Morgan fingerprint density at radius 1 is 1.50 bits per heavy atom. The largest absolute Gasteiger partial charge is 0.467 e. The number of ether oxygens (including phenoxy) is 2. The molecule has 0 spiro atoms. The Balaban J connectivity index is 3.12. The molecule has 1 heterocycles. The van der Waals surface area contributed by atoms with Gasteiger partial charge in [0.05, 0.1) is 13.2 Å². The molecule has 0 N–H and O–H groups in total. The number of likely N-dealkylation sites (tertiary alicyclic amines) is 1. The summed E-state index contributed by atoms with van der Waals surface area (Å²) in [4.78, 5) is 28.5. The SMILES string of the molecule is C=CC[C@@H]1[C@@H](N=[N+]=[N-])CN(C(=O)OC(C)(C)C)[C@@H]1C(=O)OC. The number of allylic oxidation sites excluding steroid dienone is 1. The summed E-state index contributed by atoms with van der Waals surface area (Å²) in [6.07, 6.45) is 1.41. The summed E-state index contributed by atoms with van der Waals surface area (Å²) >= 11 is 0. The quantitative estimate of drug-likeness (QED) is 0.261. The maximum atomic E-state index is 12.3. The lowest BCUT2D eigenvalue weighted by molar-refractivity contribution is -0.147. The van der Waals surface area contributed by atoms with Gasteiger partial charge in [0.25, 0.3) is 0 Å². The Labute approximate surface area is 129 Å². The van der Waals surface area contributed by atoms with Crippen LogP contribution in [0.3, 0.4) is 0 Å². The third-order valence-corrected chi connectivity index (χ3v) is 3.33. The molecule has 8 nitrogen and oxygen atoms in total. The zero-order valence-electron chi connectivity index (χ0n) is 13.4. The normalized spacial score (nSPS) is 24.4. The van der Waals surface area contributed by atoms with E-state index < -0.39 is 29.7 Å². The van der Waals surface area contributed by atoms with E-state index in [-0.39, 0.29) is 12.5 Å². The number of hydrogen-bond donors (Lipinski definition) is 0. The van der Waals surface area contributed by atoms with Crippen LogP contribution >= 0.6 is 0 Å². The maximum Gasteiger partial charge on any atom is 0.411 e. The average molecular weight is 310 g/mol. The highest BCUT2D eigenvalue weighted by molar-refractivity contribution is 5.83. The van der Waals surface area contributed by atoms with Crippen LogP contribution in [0.2, 0.25) is 0 Å². The molecule has 0 aromatic rings. The van der Waals surface area contributed by atoms with E-state index in [9.17, 15) is 9.59 Å². The number of esters is 1. The van der Waals surface area contributed by atoms with Crippen LogP contribution < -0.4 is 0 Å². The fourth-order valence-electron chi connectivity index (χ4n) is 2.49. The van der Waals surface area contributed by atoms with E-state index >= 15 is 0 Å². The topological polar surface area (TPSA) is 105 Å². The number of hydrogen-bond acceptors (Lipinski definition) is 5. The van der Waals surface area contributed by atoms with E-state index in [4.69, 9.17) is 15.0 Å². The monoisotopic (exact) mass is 310 g/mol. The van der Waals surface area contributed by atoms with Crippen LogP contribution in [0.25, 0.3) is 10.4 Å². The molecule has 1 amide bonds. The molecule has 0 aromatic carbocycles. The third-order valence-electron chi connectivity index (χ3n) is 3.33. The second-order valence-corrected chi connectivity index (χ2v) is 6.06. The lowest BCUT2D eigenvalue weighted by Crippen LogP contribution is -2.46. The molecule has 0 bridgehead atoms. The molecule has 0 radical (unpaired) electrons. The van der Waals surface area contributed by atoms with E-state index in [1.807, 2.05) is 0 Å². The molecular formula is C14H22N4O4. The first-order valence-electron chi connectivity index (χ1n) is 6.97. The van der Waals surface area contributed by atoms with Crippen molar-refractivity contribution in [3.8, 4) is 0 Å². The third kappa shape index (κ3) is 4.14. The highest BCUT2D eigenvalue weighted by atomic mass is 16.6. The second kappa shape index (κ2) is 7.17. The van der Waals surface area contributed by atoms with Crippen molar-refractivity contribution in [1.29, 1.82) is 0 Å². The smallest absolute Gasteiger partial charge is 0.411 e. The molecule has 0 saturated carbocycles. The van der Waals surface area contributed by atoms with Crippen molar-refractivity contribution in [3.63, 3.8) is 0 Å². The van der Waals surface area contributed by atoms with Crippen LogP contribution in [-0.4, -0.2) is 48.3 Å². The van der Waals surface area contributed by atoms with Gasteiger partial charge in [-0.05, 0) is 32.7 Å². The molecule has 1 aliphatic heterocycles. The number of carbonyl (C=O) groups is 2. The lowest BCUT2D eigenvalue weighted by Gasteiger charge is -2.28. The lowest BCUT2D eigenvalue weighted by atomic mass is 9.93. The number of rotatable bonds is 4. The van der Waals surface area contributed by atoms with Crippen molar-refractivity contribution in [2.24, 2.45) is 11.0 Å². The molecule has 0 aromatic heterocycles. The minimum atomic E-state index is -0.853. The molecule has 1 aliphatic rings. The van der Waals surface area contributed by atoms with Gasteiger partial charge in [0.15, 0.2) is 0 Å². The fraction of sp³-hybridized carbons (Fsp3) is 0.714. The summed E-state index contributed by atoms with van der Waals surface area (Å²) in [6, 6.07) is -1.38. The van der Waals surface area contributed by atoms with Gasteiger partial charge < -0.3 is 9.47 Å². The van der Waals surface area contributed by atoms with Crippen LogP contribution in [0.15, 0.2) is 17.8 Å². The van der Waals surface area contributed by atoms with E-state index in [0.717, 1.165) is 0 Å². The van der Waals surface area contributed by atoms with Gasteiger partial charge in [-0.15, -0.1) is 6.58 Å². The molecule has 1 saturated heterocycles. The molecule has 1 rings (SSSR count). The standard InChI is InChI=1S/C14H22N4O4/c1-6-7-9-10(16-17-15)8-18(11(9)12(19)21-5)13(20)22-14(2,3)4/h6,9-11H,1,7-8H2,2-5H3/t9-,10+,11+/m1/s1. The predicted molar refractivity (Wildman–Crippen MR) is 80.0 cm³/mol. The van der Waals surface area contributed by atoms with Crippen molar-refractivity contribution in [1.82, 2.24) is 4.90 Å². The first-order valence-corrected chi connectivity index (χ1v) is 6.97. The van der Waals surface area contributed by atoms with Crippen LogP contribution in [0.4, 0.5) is 4.79 Å². The van der Waals surface area contributed by atoms with Gasteiger partial charge in [-0.25, -0.2) is 9.59 Å². The van der Waals surface area contributed by atoms with Gasteiger partial charge in [-0.2, -0.15) is 0 Å². The molecule has 8 heteroatoms. The summed E-state index contributed by atoms with van der Waals surface area (Å²) in [5.74, 6) is -0.943. The van der Waals surface area contributed by atoms with Gasteiger partial charge in [0, 0.05) is 17.4 Å².